The highest BCUT2D eigenvalue weighted by Gasteiger charge is 2.34. The largest absolute Gasteiger partial charge is 0.481 e. The Balaban J connectivity index is 1.75. The van der Waals surface area contributed by atoms with Crippen LogP contribution in [0.5, 0.6) is 0 Å². The van der Waals surface area contributed by atoms with Gasteiger partial charge in [-0.1, -0.05) is 30.3 Å². The number of carbonyl (C=O) groups excluding carboxylic acids is 2. The first kappa shape index (κ1) is 23.7. The van der Waals surface area contributed by atoms with Gasteiger partial charge in [0.05, 0.1) is 23.8 Å². The molecule has 0 spiro atoms. The molecule has 0 radical (unpaired) electrons. The van der Waals surface area contributed by atoms with E-state index in [4.69, 9.17) is 4.74 Å². The van der Waals surface area contributed by atoms with Crippen molar-refractivity contribution in [3.63, 3.8) is 0 Å². The van der Waals surface area contributed by atoms with Gasteiger partial charge in [-0.15, -0.1) is 0 Å². The number of carbonyl (C=O) groups is 3. The van der Waals surface area contributed by atoms with Gasteiger partial charge in [-0.25, -0.2) is 8.42 Å². The Labute approximate surface area is 186 Å². The Morgan fingerprint density at radius 2 is 1.78 bits per heavy atom. The first-order valence-corrected chi connectivity index (χ1v) is 11.9. The van der Waals surface area contributed by atoms with Crippen LogP contribution in [0.1, 0.15) is 26.2 Å². The number of carboxylic acids is 1. The summed E-state index contributed by atoms with van der Waals surface area (Å²) in [6.07, 6.45) is 0.0625. The number of sulfonamides is 1. The van der Waals surface area contributed by atoms with Crippen LogP contribution in [0.25, 0.3) is 10.8 Å². The number of piperidine rings is 1. The van der Waals surface area contributed by atoms with E-state index in [1.54, 1.807) is 25.1 Å². The van der Waals surface area contributed by atoms with Crippen molar-refractivity contribution in [3.05, 3.63) is 42.5 Å². The number of likely N-dealkylation sites (tertiary alicyclic amines) is 1. The summed E-state index contributed by atoms with van der Waals surface area (Å²) >= 11 is 0. The smallest absolute Gasteiger partial charge is 0.309 e. The van der Waals surface area contributed by atoms with E-state index in [2.05, 4.69) is 4.72 Å². The fourth-order valence-electron chi connectivity index (χ4n) is 3.76. The van der Waals surface area contributed by atoms with Crippen LogP contribution in [0.15, 0.2) is 47.4 Å². The molecule has 1 amide bonds. The minimum Gasteiger partial charge on any atom is -0.481 e. The summed E-state index contributed by atoms with van der Waals surface area (Å²) in [5.74, 6) is -2.57. The number of rotatable bonds is 8. The second-order valence-electron chi connectivity index (χ2n) is 7.63. The van der Waals surface area contributed by atoms with Gasteiger partial charge in [-0.3, -0.25) is 14.4 Å². The second-order valence-corrected chi connectivity index (χ2v) is 9.35. The van der Waals surface area contributed by atoms with Crippen LogP contribution in [0.3, 0.4) is 0 Å². The van der Waals surface area contributed by atoms with Gasteiger partial charge in [0.1, 0.15) is 6.04 Å². The summed E-state index contributed by atoms with van der Waals surface area (Å²) in [4.78, 5) is 37.6. The number of amides is 1. The lowest BCUT2D eigenvalue weighted by molar-refractivity contribution is -0.151. The van der Waals surface area contributed by atoms with Crippen LogP contribution in [-0.2, 0) is 29.1 Å². The van der Waals surface area contributed by atoms with Gasteiger partial charge in [0.25, 0.3) is 0 Å². The number of carboxylic acid groups (broad SMARTS) is 1. The Hall–Kier alpha value is -2.98. The van der Waals surface area contributed by atoms with Crippen LogP contribution in [0.2, 0.25) is 0 Å². The van der Waals surface area contributed by atoms with Crippen LogP contribution in [-0.4, -0.2) is 62.0 Å². The molecule has 172 valence electrons. The minimum absolute atomic E-state index is 0.0552. The third kappa shape index (κ3) is 5.63. The number of fused-ring (bicyclic) bond motifs is 1. The van der Waals surface area contributed by atoms with E-state index in [1.165, 1.54) is 17.0 Å². The fourth-order valence-corrected chi connectivity index (χ4v) is 4.98. The summed E-state index contributed by atoms with van der Waals surface area (Å²) in [6.45, 7) is 2.43. The van der Waals surface area contributed by atoms with Crippen molar-refractivity contribution in [1.29, 1.82) is 0 Å². The van der Waals surface area contributed by atoms with Gasteiger partial charge in [0.2, 0.25) is 15.9 Å². The molecule has 1 atom stereocenters. The van der Waals surface area contributed by atoms with Gasteiger partial charge in [-0.2, -0.15) is 4.72 Å². The monoisotopic (exact) mass is 462 g/mol. The molecule has 0 unspecified atom stereocenters. The zero-order chi connectivity index (χ0) is 23.3. The molecule has 0 bridgehead atoms. The molecule has 1 heterocycles. The van der Waals surface area contributed by atoms with E-state index in [9.17, 15) is 27.9 Å². The molecule has 0 saturated carbocycles. The molecule has 0 aromatic heterocycles. The predicted molar refractivity (Wildman–Crippen MR) is 116 cm³/mol. The van der Waals surface area contributed by atoms with Crippen molar-refractivity contribution < 1.29 is 32.6 Å². The van der Waals surface area contributed by atoms with Crippen molar-refractivity contribution in [3.8, 4) is 0 Å². The lowest BCUT2D eigenvalue weighted by atomic mass is 9.96. The normalized spacial score (nSPS) is 16.0. The summed E-state index contributed by atoms with van der Waals surface area (Å²) < 4.78 is 33.1. The molecule has 2 N–H and O–H groups in total. The van der Waals surface area contributed by atoms with E-state index >= 15 is 0 Å². The standard InChI is InChI=1S/C22H26N2O7S/c1-2-31-22(28)16-9-11-24(12-10-16)21(27)19(14-20(25)26)23-32(29,30)18-8-7-15-5-3-4-6-17(15)13-18/h3-8,13,16,19,23H,2,9-12,14H2,1H3,(H,25,26)/t19-/m0/s1. The fraction of sp³-hybridized carbons (Fsp3) is 0.409. The molecular weight excluding hydrogens is 436 g/mol. The SMILES string of the molecule is CCOC(=O)C1CCN(C(=O)[C@H](CC(=O)O)NS(=O)(=O)c2ccc3ccccc3c2)CC1. The number of esters is 1. The number of hydrogen-bond acceptors (Lipinski definition) is 6. The lowest BCUT2D eigenvalue weighted by Gasteiger charge is -2.33. The summed E-state index contributed by atoms with van der Waals surface area (Å²) in [5, 5.41) is 10.8. The quantitative estimate of drug-likeness (QED) is 0.572. The topological polar surface area (TPSA) is 130 Å². The molecule has 2 aromatic rings. The molecule has 9 nitrogen and oxygen atoms in total. The summed E-state index contributed by atoms with van der Waals surface area (Å²) in [5.41, 5.74) is 0. The maximum Gasteiger partial charge on any atom is 0.309 e. The average molecular weight is 463 g/mol. The van der Waals surface area contributed by atoms with Crippen LogP contribution < -0.4 is 4.72 Å². The third-order valence-electron chi connectivity index (χ3n) is 5.43. The average Bonchev–Trinajstić information content (AvgIpc) is 2.77. The molecule has 2 aromatic carbocycles. The van der Waals surface area contributed by atoms with E-state index in [1.807, 2.05) is 12.1 Å². The lowest BCUT2D eigenvalue weighted by Crippen LogP contribution is -2.51. The highest BCUT2D eigenvalue weighted by Crippen LogP contribution is 2.22. The molecular formula is C22H26N2O7S. The van der Waals surface area contributed by atoms with E-state index in [0.717, 1.165) is 5.39 Å². The first-order valence-electron chi connectivity index (χ1n) is 10.4. The zero-order valence-corrected chi connectivity index (χ0v) is 18.5. The summed E-state index contributed by atoms with van der Waals surface area (Å²) in [6, 6.07) is 10.3. The molecule has 1 saturated heterocycles. The van der Waals surface area contributed by atoms with Crippen molar-refractivity contribution in [2.45, 2.75) is 37.1 Å². The van der Waals surface area contributed by atoms with Gasteiger partial charge in [-0.05, 0) is 42.7 Å². The highest BCUT2D eigenvalue weighted by atomic mass is 32.2. The van der Waals surface area contributed by atoms with Crippen LogP contribution in [0.4, 0.5) is 0 Å². The highest BCUT2D eigenvalue weighted by molar-refractivity contribution is 7.89. The first-order chi connectivity index (χ1) is 15.2. The predicted octanol–water partition coefficient (Wildman–Crippen LogP) is 1.76. The van der Waals surface area contributed by atoms with Gasteiger partial charge in [0.15, 0.2) is 0 Å². The molecule has 0 aliphatic carbocycles. The maximum absolute atomic E-state index is 13.0. The number of ether oxygens (including phenoxy) is 1. The van der Waals surface area contributed by atoms with Gasteiger partial charge in [0, 0.05) is 13.1 Å². The molecule has 32 heavy (non-hydrogen) atoms. The number of hydrogen-bond donors (Lipinski definition) is 2. The van der Waals surface area contributed by atoms with Crippen LogP contribution >= 0.6 is 0 Å². The molecule has 3 rings (SSSR count). The van der Waals surface area contributed by atoms with Crippen LogP contribution in [0, 0.1) is 5.92 Å². The van der Waals surface area contributed by atoms with Gasteiger partial charge < -0.3 is 14.7 Å². The number of nitrogens with zero attached hydrogens (tertiary/aromatic N) is 1. The Morgan fingerprint density at radius 1 is 1.12 bits per heavy atom. The van der Waals surface area contributed by atoms with E-state index in [-0.39, 0.29) is 36.5 Å². The molecule has 1 fully saturated rings. The van der Waals surface area contributed by atoms with E-state index < -0.39 is 34.4 Å². The minimum atomic E-state index is -4.15. The Kier molecular flexibility index (Phi) is 7.47. The van der Waals surface area contributed by atoms with Crippen molar-refractivity contribution >= 4 is 38.6 Å². The molecule has 10 heteroatoms. The van der Waals surface area contributed by atoms with E-state index in [0.29, 0.717) is 18.2 Å². The number of nitrogens with one attached hydrogen (secondary N) is 1. The summed E-state index contributed by atoms with van der Waals surface area (Å²) in [7, 11) is -4.15. The zero-order valence-electron chi connectivity index (χ0n) is 17.7. The van der Waals surface area contributed by atoms with Crippen molar-refractivity contribution in [2.75, 3.05) is 19.7 Å². The number of aliphatic carboxylic acids is 1. The van der Waals surface area contributed by atoms with Crippen molar-refractivity contribution in [2.24, 2.45) is 5.92 Å². The second kappa shape index (κ2) is 10.1. The Morgan fingerprint density at radius 3 is 2.41 bits per heavy atom. The Bertz CT molecular complexity index is 1110. The third-order valence-corrected chi connectivity index (χ3v) is 6.90. The van der Waals surface area contributed by atoms with Crippen molar-refractivity contribution in [1.82, 2.24) is 9.62 Å². The maximum atomic E-state index is 13.0. The molecule has 1 aliphatic heterocycles. The number of benzene rings is 2. The van der Waals surface area contributed by atoms with Gasteiger partial charge >= 0.3 is 11.9 Å². The molecule has 1 aliphatic rings.